The number of phenolic OH excluding ortho intramolecular Hbond substituents is 1. The molecule has 2 fully saturated rings. The van der Waals surface area contributed by atoms with Gasteiger partial charge in [-0.2, -0.15) is 0 Å². The normalized spacial score (nSPS) is 22.3. The number of carbonyl (C=O) groups excluding carboxylic acids is 2. The lowest BCUT2D eigenvalue weighted by Crippen LogP contribution is -2.46. The number of nitrogens with zero attached hydrogens (tertiary/aromatic N) is 1. The highest BCUT2D eigenvalue weighted by Crippen LogP contribution is 2.51. The van der Waals surface area contributed by atoms with Crippen LogP contribution in [0.2, 0.25) is 6.32 Å². The molecule has 8 nitrogen and oxygen atoms in total. The van der Waals surface area contributed by atoms with E-state index in [4.69, 9.17) is 9.39 Å². The second-order valence-corrected chi connectivity index (χ2v) is 13.6. The molecule has 50 heavy (non-hydrogen) atoms. The highest BCUT2D eigenvalue weighted by molar-refractivity contribution is 6.43. The van der Waals surface area contributed by atoms with Gasteiger partial charge in [0.25, 0.3) is 0 Å². The minimum Gasteiger partial charge on any atom is -0.507 e. The molecule has 1 aliphatic carbocycles. The zero-order chi connectivity index (χ0) is 34.8. The van der Waals surface area contributed by atoms with E-state index in [1.165, 1.54) is 10.5 Å². The summed E-state index contributed by atoms with van der Waals surface area (Å²) in [4.78, 5) is 29.6. The minimum absolute atomic E-state index is 0.205. The standard InChI is InChI=1S/C41H43BN2O6/c1-3-9-26(22-27-15-20-36(45)33-13-8-7-12-32(27)33)14-21-37-38-28(25-49-2)23-34-39(35(38)24-42(48)50-37)41(47)44(40(34)46)31-18-16-30(17-19-31)43-29-10-5-4-6-11-29/h4-8,10-13,15-20,22,34-35,37,39,43,45,48H,3,9,14,21,23-25H2,1-2H3/b26-22+/t34-,35+,37-,39-/m1/s1. The summed E-state index contributed by atoms with van der Waals surface area (Å²) in [6, 6.07) is 28.7. The number of benzene rings is 4. The van der Waals surface area contributed by atoms with E-state index < -0.39 is 25.1 Å². The van der Waals surface area contributed by atoms with Gasteiger partial charge >= 0.3 is 7.12 Å². The van der Waals surface area contributed by atoms with Crippen molar-refractivity contribution >= 4 is 52.8 Å². The van der Waals surface area contributed by atoms with Gasteiger partial charge in [-0.05, 0) is 102 Å². The molecule has 7 rings (SSSR count). The van der Waals surface area contributed by atoms with E-state index in [0.29, 0.717) is 25.1 Å². The monoisotopic (exact) mass is 670 g/mol. The molecule has 0 bridgehead atoms. The molecule has 2 amide bonds. The van der Waals surface area contributed by atoms with Crippen molar-refractivity contribution in [1.29, 1.82) is 0 Å². The fourth-order valence-corrected chi connectivity index (χ4v) is 8.27. The molecule has 0 radical (unpaired) electrons. The Bertz CT molecular complexity index is 1940. The number of amides is 2. The van der Waals surface area contributed by atoms with Crippen LogP contribution in [-0.2, 0) is 19.0 Å². The molecule has 256 valence electrons. The van der Waals surface area contributed by atoms with Gasteiger partial charge in [-0.25, -0.2) is 0 Å². The van der Waals surface area contributed by atoms with Crippen molar-refractivity contribution in [2.75, 3.05) is 23.9 Å². The van der Waals surface area contributed by atoms with Crippen molar-refractivity contribution in [3.05, 3.63) is 113 Å². The molecule has 0 spiro atoms. The summed E-state index contributed by atoms with van der Waals surface area (Å²) in [6.07, 6.45) is 5.69. The number of methoxy groups -OCH3 is 1. The van der Waals surface area contributed by atoms with Crippen LogP contribution in [0, 0.1) is 17.8 Å². The van der Waals surface area contributed by atoms with Gasteiger partial charge in [-0.3, -0.25) is 14.5 Å². The quantitative estimate of drug-likeness (QED) is 0.0846. The zero-order valence-corrected chi connectivity index (χ0v) is 28.5. The molecule has 4 aromatic rings. The van der Waals surface area contributed by atoms with Crippen LogP contribution in [0.25, 0.3) is 16.8 Å². The van der Waals surface area contributed by atoms with Crippen LogP contribution in [0.1, 0.15) is 44.6 Å². The summed E-state index contributed by atoms with van der Waals surface area (Å²) in [5.41, 5.74) is 6.64. The number of carbonyl (C=O) groups is 2. The lowest BCUT2D eigenvalue weighted by molar-refractivity contribution is -0.122. The van der Waals surface area contributed by atoms with Gasteiger partial charge in [0, 0.05) is 23.9 Å². The second-order valence-electron chi connectivity index (χ2n) is 13.6. The molecule has 3 N–H and O–H groups in total. The molecule has 4 aromatic carbocycles. The molecular formula is C41H43BN2O6. The number of ether oxygens (including phenoxy) is 1. The van der Waals surface area contributed by atoms with E-state index >= 15 is 0 Å². The highest BCUT2D eigenvalue weighted by atomic mass is 16.5. The van der Waals surface area contributed by atoms with Crippen molar-refractivity contribution in [3.8, 4) is 5.75 Å². The van der Waals surface area contributed by atoms with E-state index in [1.54, 1.807) is 13.2 Å². The zero-order valence-electron chi connectivity index (χ0n) is 28.5. The molecule has 2 saturated heterocycles. The molecular weight excluding hydrogens is 627 g/mol. The van der Waals surface area contributed by atoms with E-state index in [2.05, 4.69) is 18.3 Å². The largest absolute Gasteiger partial charge is 0.507 e. The number of fused-ring (bicyclic) bond motifs is 4. The Morgan fingerprint density at radius 2 is 1.64 bits per heavy atom. The Labute approximate surface area is 293 Å². The van der Waals surface area contributed by atoms with Crippen LogP contribution in [0.15, 0.2) is 108 Å². The number of rotatable bonds is 11. The second kappa shape index (κ2) is 14.7. The average molecular weight is 671 g/mol. The fraction of sp³-hybridized carbons (Fsp3) is 0.317. The number of para-hydroxylation sites is 1. The van der Waals surface area contributed by atoms with Crippen molar-refractivity contribution in [2.45, 2.75) is 51.5 Å². The Kier molecular flexibility index (Phi) is 9.90. The van der Waals surface area contributed by atoms with Gasteiger partial charge in [-0.15, -0.1) is 0 Å². The maximum absolute atomic E-state index is 14.2. The smallest absolute Gasteiger partial charge is 0.455 e. The number of phenols is 1. The fourth-order valence-electron chi connectivity index (χ4n) is 8.27. The Morgan fingerprint density at radius 3 is 2.38 bits per heavy atom. The molecule has 2 heterocycles. The first-order valence-electron chi connectivity index (χ1n) is 17.6. The molecule has 2 aliphatic heterocycles. The molecule has 9 heteroatoms. The number of nitrogens with one attached hydrogen (secondary N) is 1. The number of allylic oxidation sites excluding steroid dienone is 1. The minimum atomic E-state index is -1.05. The summed E-state index contributed by atoms with van der Waals surface area (Å²) in [5.74, 6) is -1.59. The summed E-state index contributed by atoms with van der Waals surface area (Å²) in [7, 11) is 0.599. The van der Waals surface area contributed by atoms with Gasteiger partial charge in [0.2, 0.25) is 11.8 Å². The van der Waals surface area contributed by atoms with Crippen molar-refractivity contribution in [3.63, 3.8) is 0 Å². The third-order valence-electron chi connectivity index (χ3n) is 10.4. The third-order valence-corrected chi connectivity index (χ3v) is 10.4. The Morgan fingerprint density at radius 1 is 0.920 bits per heavy atom. The SMILES string of the molecule is CCC/C(=C\c1ccc(O)c2ccccc12)CC[C@H]1OB(O)C[C@H]2C1=C(COC)C[C@H]1C(=O)N(c3ccc(Nc4ccccc4)cc3)C(=O)[C@H]12. The molecule has 0 aromatic heterocycles. The van der Waals surface area contributed by atoms with Crippen LogP contribution in [0.4, 0.5) is 17.1 Å². The van der Waals surface area contributed by atoms with Crippen molar-refractivity contribution in [2.24, 2.45) is 17.8 Å². The predicted octanol–water partition coefficient (Wildman–Crippen LogP) is 7.90. The number of hydrogen-bond donors (Lipinski definition) is 3. The summed E-state index contributed by atoms with van der Waals surface area (Å²) in [6.45, 7) is 2.49. The number of aromatic hydroxyl groups is 1. The topological polar surface area (TPSA) is 108 Å². The van der Waals surface area contributed by atoms with E-state index in [0.717, 1.165) is 58.1 Å². The van der Waals surface area contributed by atoms with Crippen LogP contribution in [0.5, 0.6) is 5.75 Å². The molecule has 0 unspecified atom stereocenters. The lowest BCUT2D eigenvalue weighted by Gasteiger charge is -2.43. The van der Waals surface area contributed by atoms with Crippen LogP contribution in [0.3, 0.4) is 0 Å². The maximum Gasteiger partial charge on any atom is 0.455 e. The van der Waals surface area contributed by atoms with Crippen LogP contribution < -0.4 is 10.2 Å². The molecule has 4 atom stereocenters. The van der Waals surface area contributed by atoms with E-state index in [9.17, 15) is 19.7 Å². The summed E-state index contributed by atoms with van der Waals surface area (Å²) in [5, 5.41) is 26.6. The van der Waals surface area contributed by atoms with Crippen LogP contribution >= 0.6 is 0 Å². The first-order chi connectivity index (χ1) is 24.4. The van der Waals surface area contributed by atoms with Crippen molar-refractivity contribution in [1.82, 2.24) is 0 Å². The predicted molar refractivity (Wildman–Crippen MR) is 198 cm³/mol. The Hall–Kier alpha value is -4.70. The van der Waals surface area contributed by atoms with E-state index in [-0.39, 0.29) is 29.8 Å². The average Bonchev–Trinajstić information content (AvgIpc) is 3.38. The van der Waals surface area contributed by atoms with E-state index in [1.807, 2.05) is 84.9 Å². The van der Waals surface area contributed by atoms with Gasteiger partial charge in [0.1, 0.15) is 5.75 Å². The van der Waals surface area contributed by atoms with Gasteiger partial charge in [-0.1, -0.05) is 73.5 Å². The first kappa shape index (κ1) is 33.8. The number of imide groups is 1. The third kappa shape index (κ3) is 6.61. The van der Waals surface area contributed by atoms with Crippen LogP contribution in [-0.4, -0.2) is 48.9 Å². The summed E-state index contributed by atoms with van der Waals surface area (Å²) < 4.78 is 11.9. The van der Waals surface area contributed by atoms with Gasteiger partial charge in [0.05, 0.1) is 30.2 Å². The summed E-state index contributed by atoms with van der Waals surface area (Å²) >= 11 is 0. The molecule has 3 aliphatic rings. The molecule has 0 saturated carbocycles. The number of anilines is 3. The first-order valence-corrected chi connectivity index (χ1v) is 17.6. The van der Waals surface area contributed by atoms with Gasteiger partial charge < -0.3 is 24.8 Å². The number of hydrogen-bond acceptors (Lipinski definition) is 7. The Balaban J connectivity index is 1.14. The highest BCUT2D eigenvalue weighted by Gasteiger charge is 2.57. The van der Waals surface area contributed by atoms with Gasteiger partial charge in [0.15, 0.2) is 0 Å². The van der Waals surface area contributed by atoms with Crippen molar-refractivity contribution < 1.29 is 29.1 Å². The lowest BCUT2D eigenvalue weighted by atomic mass is 9.58. The maximum atomic E-state index is 14.2.